The molecular formula is C29H29ClN6O. The summed E-state index contributed by atoms with van der Waals surface area (Å²) in [5.74, 6) is 0.834. The molecule has 8 heteroatoms. The quantitative estimate of drug-likeness (QED) is 0.440. The van der Waals surface area contributed by atoms with Gasteiger partial charge in [0, 0.05) is 54.4 Å². The van der Waals surface area contributed by atoms with Crippen molar-refractivity contribution in [3.05, 3.63) is 82.4 Å². The lowest BCUT2D eigenvalue weighted by atomic mass is 10.1. The average molecular weight is 513 g/mol. The van der Waals surface area contributed by atoms with Crippen LogP contribution in [0.5, 0.6) is 0 Å². The fourth-order valence-corrected chi connectivity index (χ4v) is 4.97. The van der Waals surface area contributed by atoms with Crippen molar-refractivity contribution in [2.75, 3.05) is 26.2 Å². The Morgan fingerprint density at radius 3 is 2.62 bits per heavy atom. The highest BCUT2D eigenvalue weighted by Gasteiger charge is 2.26. The van der Waals surface area contributed by atoms with E-state index in [1.165, 1.54) is 0 Å². The van der Waals surface area contributed by atoms with Gasteiger partial charge in [-0.25, -0.2) is 9.79 Å². The number of rotatable bonds is 4. The van der Waals surface area contributed by atoms with Crippen LogP contribution in [0.1, 0.15) is 42.5 Å². The summed E-state index contributed by atoms with van der Waals surface area (Å²) < 4.78 is 0. The number of amides is 2. The van der Waals surface area contributed by atoms with Crippen LogP contribution in [0.15, 0.2) is 65.7 Å². The fourth-order valence-electron chi connectivity index (χ4n) is 4.77. The third-order valence-corrected chi connectivity index (χ3v) is 7.08. The molecule has 1 fully saturated rings. The topological polar surface area (TPSA) is 87.5 Å². The molecular weight excluding hydrogens is 484 g/mol. The third-order valence-electron chi connectivity index (χ3n) is 6.85. The number of nitriles is 1. The number of nitrogens with one attached hydrogen (secondary N) is 2. The van der Waals surface area contributed by atoms with E-state index in [1.807, 2.05) is 66.6 Å². The van der Waals surface area contributed by atoms with Gasteiger partial charge in [-0.05, 0) is 61.2 Å². The van der Waals surface area contributed by atoms with Crippen LogP contribution in [-0.4, -0.2) is 53.2 Å². The van der Waals surface area contributed by atoms with Crippen molar-refractivity contribution in [3.63, 3.8) is 0 Å². The van der Waals surface area contributed by atoms with Gasteiger partial charge in [0.25, 0.3) is 0 Å². The molecule has 2 amide bonds. The average Bonchev–Trinajstić information content (AvgIpc) is 3.32. The van der Waals surface area contributed by atoms with Gasteiger partial charge < -0.3 is 20.1 Å². The Bertz CT molecular complexity index is 1380. The molecule has 0 unspecified atom stereocenters. The molecule has 2 aromatic carbocycles. The number of nitrogens with zero attached hydrogens (tertiary/aromatic N) is 4. The van der Waals surface area contributed by atoms with Crippen LogP contribution in [0.2, 0.25) is 5.02 Å². The second-order valence-electron chi connectivity index (χ2n) is 9.31. The molecule has 0 saturated carbocycles. The molecule has 0 spiro atoms. The molecule has 5 rings (SSSR count). The minimum atomic E-state index is -0.126. The van der Waals surface area contributed by atoms with Crippen molar-refractivity contribution in [3.8, 4) is 17.3 Å². The molecule has 3 heterocycles. The largest absolute Gasteiger partial charge is 0.368 e. The number of H-pyrrole nitrogens is 1. The first-order chi connectivity index (χ1) is 18.0. The second-order valence-corrected chi connectivity index (χ2v) is 9.75. The number of aromatic amines is 1. The molecule has 1 atom stereocenters. The van der Waals surface area contributed by atoms with Crippen molar-refractivity contribution in [1.29, 1.82) is 5.26 Å². The molecule has 7 nitrogen and oxygen atoms in total. The maximum atomic E-state index is 13.0. The first-order valence-corrected chi connectivity index (χ1v) is 12.9. The van der Waals surface area contributed by atoms with Crippen molar-refractivity contribution >= 4 is 35.4 Å². The molecule has 0 aliphatic carbocycles. The summed E-state index contributed by atoms with van der Waals surface area (Å²) in [6.07, 6.45) is 6.01. The molecule has 2 aliphatic rings. The highest BCUT2D eigenvalue weighted by atomic mass is 35.5. The zero-order valence-corrected chi connectivity index (χ0v) is 21.5. The Labute approximate surface area is 222 Å². The van der Waals surface area contributed by atoms with Gasteiger partial charge in [0.1, 0.15) is 5.82 Å². The summed E-state index contributed by atoms with van der Waals surface area (Å²) in [7, 11) is 0. The van der Waals surface area contributed by atoms with Gasteiger partial charge in [0.05, 0.1) is 17.7 Å². The highest BCUT2D eigenvalue weighted by molar-refractivity contribution is 6.30. The molecule has 3 aromatic rings. The fraction of sp³-hybridized carbons (Fsp3) is 0.276. The van der Waals surface area contributed by atoms with E-state index in [4.69, 9.17) is 21.9 Å². The van der Waals surface area contributed by atoms with Gasteiger partial charge >= 0.3 is 6.03 Å². The monoisotopic (exact) mass is 512 g/mol. The molecule has 1 saturated heterocycles. The van der Waals surface area contributed by atoms with Gasteiger partial charge in [-0.3, -0.25) is 0 Å². The van der Waals surface area contributed by atoms with E-state index in [-0.39, 0.29) is 12.1 Å². The van der Waals surface area contributed by atoms with Gasteiger partial charge in [-0.1, -0.05) is 41.9 Å². The Morgan fingerprint density at radius 1 is 1.11 bits per heavy atom. The van der Waals surface area contributed by atoms with Crippen LogP contribution < -0.4 is 5.32 Å². The standard InChI is InChI=1S/C29H29ClN6O/c1-20(23-5-4-6-24(30)17-23)33-29(37)36-15-13-35(14-16-36)27-7-2-3-12-32-28-25(27)18-26(34-28)22-10-8-21(19-31)9-11-22/h4-12,17-18,20,34H,2-3,13-16H2,1H3,(H,33,37)/t20-/m0/s1. The number of halogens is 1. The Balaban J connectivity index is 1.28. The van der Waals surface area contributed by atoms with Crippen LogP contribution in [0.3, 0.4) is 0 Å². The number of urea groups is 1. The lowest BCUT2D eigenvalue weighted by Gasteiger charge is -2.38. The predicted molar refractivity (Wildman–Crippen MR) is 148 cm³/mol. The van der Waals surface area contributed by atoms with Gasteiger partial charge in [0.2, 0.25) is 0 Å². The van der Waals surface area contributed by atoms with E-state index >= 15 is 0 Å². The zero-order chi connectivity index (χ0) is 25.8. The summed E-state index contributed by atoms with van der Waals surface area (Å²) >= 11 is 6.11. The van der Waals surface area contributed by atoms with Crippen molar-refractivity contribution < 1.29 is 4.79 Å². The van der Waals surface area contributed by atoms with Crippen LogP contribution >= 0.6 is 11.6 Å². The SMILES string of the molecule is C[C@H](NC(=O)N1CCN(C2=CCCC=Nc3[nH]c(-c4ccc(C#N)cc4)cc32)CC1)c1cccc(Cl)c1. The van der Waals surface area contributed by atoms with Gasteiger partial charge in [-0.15, -0.1) is 0 Å². The number of fused-ring (bicyclic) bond motifs is 1. The van der Waals surface area contributed by atoms with E-state index in [1.54, 1.807) is 0 Å². The Hall–Kier alpha value is -4.02. The van der Waals surface area contributed by atoms with E-state index in [9.17, 15) is 4.79 Å². The molecule has 2 N–H and O–H groups in total. The lowest BCUT2D eigenvalue weighted by Crippen LogP contribution is -2.51. The summed E-state index contributed by atoms with van der Waals surface area (Å²) in [6.45, 7) is 4.73. The van der Waals surface area contributed by atoms with Gasteiger partial charge in [-0.2, -0.15) is 5.26 Å². The summed E-state index contributed by atoms with van der Waals surface area (Å²) in [4.78, 5) is 25.3. The van der Waals surface area contributed by atoms with E-state index < -0.39 is 0 Å². The maximum absolute atomic E-state index is 13.0. The van der Waals surface area contributed by atoms with Crippen LogP contribution in [-0.2, 0) is 0 Å². The number of benzene rings is 2. The number of hydrogen-bond acceptors (Lipinski definition) is 4. The second kappa shape index (κ2) is 10.9. The maximum Gasteiger partial charge on any atom is 0.317 e. The lowest BCUT2D eigenvalue weighted by molar-refractivity contribution is 0.164. The summed E-state index contributed by atoms with van der Waals surface area (Å²) in [6, 6.07) is 19.2. The van der Waals surface area contributed by atoms with E-state index in [0.717, 1.165) is 59.8 Å². The Morgan fingerprint density at radius 2 is 1.89 bits per heavy atom. The number of aromatic nitrogens is 1. The van der Waals surface area contributed by atoms with E-state index in [2.05, 4.69) is 33.4 Å². The van der Waals surface area contributed by atoms with Crippen LogP contribution in [0, 0.1) is 11.3 Å². The number of allylic oxidation sites excluding steroid dienone is 1. The third kappa shape index (κ3) is 5.55. The molecule has 188 valence electrons. The molecule has 37 heavy (non-hydrogen) atoms. The normalized spacial score (nSPS) is 16.2. The Kier molecular flexibility index (Phi) is 7.29. The van der Waals surface area contributed by atoms with Crippen LogP contribution in [0.4, 0.5) is 10.6 Å². The van der Waals surface area contributed by atoms with Crippen molar-refractivity contribution in [2.24, 2.45) is 4.99 Å². The van der Waals surface area contributed by atoms with E-state index in [0.29, 0.717) is 23.7 Å². The first-order valence-electron chi connectivity index (χ1n) is 12.5. The zero-order valence-electron chi connectivity index (χ0n) is 20.7. The minimum absolute atomic E-state index is 0.0613. The van der Waals surface area contributed by atoms with Crippen LogP contribution in [0.25, 0.3) is 17.0 Å². The van der Waals surface area contributed by atoms with Gasteiger partial charge in [0.15, 0.2) is 0 Å². The highest BCUT2D eigenvalue weighted by Crippen LogP contribution is 2.35. The first kappa shape index (κ1) is 24.7. The van der Waals surface area contributed by atoms with Crippen molar-refractivity contribution in [1.82, 2.24) is 20.1 Å². The number of carbonyl (C=O) groups excluding carboxylic acids is 1. The predicted octanol–water partition coefficient (Wildman–Crippen LogP) is 6.13. The number of carbonyl (C=O) groups is 1. The number of aliphatic imine (C=N–C) groups is 1. The molecule has 0 bridgehead atoms. The van der Waals surface area contributed by atoms with Crippen molar-refractivity contribution in [2.45, 2.75) is 25.8 Å². The molecule has 0 radical (unpaired) electrons. The summed E-state index contributed by atoms with van der Waals surface area (Å²) in [5, 5.41) is 12.9. The summed E-state index contributed by atoms with van der Waals surface area (Å²) in [5.41, 5.74) is 5.80. The smallest absolute Gasteiger partial charge is 0.317 e. The molecule has 2 aliphatic heterocycles. The minimum Gasteiger partial charge on any atom is -0.368 e. The molecule has 1 aromatic heterocycles. The number of piperazine rings is 1. The number of hydrogen-bond donors (Lipinski definition) is 2.